The molecule has 1 fully saturated rings. The number of esters is 1. The van der Waals surface area contributed by atoms with E-state index >= 15 is 0 Å². The van der Waals surface area contributed by atoms with E-state index in [2.05, 4.69) is 4.90 Å². The van der Waals surface area contributed by atoms with Crippen molar-refractivity contribution in [1.29, 1.82) is 0 Å². The number of hydrogen-bond donors (Lipinski definition) is 0. The second kappa shape index (κ2) is 6.56. The monoisotopic (exact) mass is 252 g/mol. The van der Waals surface area contributed by atoms with E-state index in [1.54, 1.807) is 6.07 Å². The molecule has 1 aliphatic heterocycles. The minimum Gasteiger partial charge on any atom is -0.461 e. The van der Waals surface area contributed by atoms with Crippen LogP contribution in [0.4, 0.5) is 0 Å². The van der Waals surface area contributed by atoms with Gasteiger partial charge in [-0.25, -0.2) is 4.79 Å². The molecule has 0 aliphatic carbocycles. The van der Waals surface area contributed by atoms with Crippen LogP contribution in [-0.4, -0.2) is 54.9 Å². The summed E-state index contributed by atoms with van der Waals surface area (Å²) in [7, 11) is 0. The van der Waals surface area contributed by atoms with Gasteiger partial charge in [0.05, 0.1) is 19.8 Å². The number of nitrogens with zero attached hydrogens (tertiary/aromatic N) is 2. The van der Waals surface area contributed by atoms with Crippen LogP contribution < -0.4 is 0 Å². The molecular weight excluding hydrogens is 232 g/mol. The summed E-state index contributed by atoms with van der Waals surface area (Å²) in [6, 6.07) is 3.68. The van der Waals surface area contributed by atoms with Crippen LogP contribution in [0.25, 0.3) is 0 Å². The molecule has 5 nitrogen and oxygen atoms in total. The highest BCUT2D eigenvalue weighted by atomic mass is 16.5. The molecule has 100 valence electrons. The zero-order chi connectivity index (χ0) is 12.8. The lowest BCUT2D eigenvalue weighted by Crippen LogP contribution is -2.38. The Balaban J connectivity index is 1.88. The number of carbonyl (C=O) groups excluding carboxylic acids is 1. The van der Waals surface area contributed by atoms with Crippen LogP contribution >= 0.6 is 0 Å². The Morgan fingerprint density at radius 3 is 2.89 bits per heavy atom. The molecule has 1 aromatic heterocycles. The van der Waals surface area contributed by atoms with Gasteiger partial charge in [0, 0.05) is 32.4 Å². The second-order valence-electron chi connectivity index (χ2n) is 4.26. The molecule has 1 aliphatic rings. The Morgan fingerprint density at radius 1 is 1.39 bits per heavy atom. The summed E-state index contributed by atoms with van der Waals surface area (Å²) in [4.78, 5) is 14.0. The van der Waals surface area contributed by atoms with Gasteiger partial charge in [0.2, 0.25) is 0 Å². The molecule has 18 heavy (non-hydrogen) atoms. The summed E-state index contributed by atoms with van der Waals surface area (Å²) in [5, 5.41) is 0. The molecule has 0 N–H and O–H groups in total. The summed E-state index contributed by atoms with van der Waals surface area (Å²) >= 11 is 0. The molecule has 0 radical (unpaired) electrons. The van der Waals surface area contributed by atoms with Gasteiger partial charge in [0.15, 0.2) is 0 Å². The Labute approximate surface area is 107 Å². The normalized spacial score (nSPS) is 16.7. The topological polar surface area (TPSA) is 43.7 Å². The van der Waals surface area contributed by atoms with Crippen molar-refractivity contribution in [3.8, 4) is 0 Å². The van der Waals surface area contributed by atoms with E-state index in [0.717, 1.165) is 39.4 Å². The van der Waals surface area contributed by atoms with Crippen molar-refractivity contribution in [2.75, 3.05) is 39.5 Å². The van der Waals surface area contributed by atoms with E-state index in [4.69, 9.17) is 9.47 Å². The van der Waals surface area contributed by atoms with Crippen LogP contribution in [0.15, 0.2) is 18.3 Å². The van der Waals surface area contributed by atoms with Crippen LogP contribution in [0.2, 0.25) is 0 Å². The Hall–Kier alpha value is -1.33. The summed E-state index contributed by atoms with van der Waals surface area (Å²) in [6.07, 6.45) is 1.92. The van der Waals surface area contributed by atoms with Crippen LogP contribution in [0.3, 0.4) is 0 Å². The maximum absolute atomic E-state index is 11.7. The van der Waals surface area contributed by atoms with Crippen LogP contribution in [-0.2, 0) is 16.0 Å². The van der Waals surface area contributed by atoms with Crippen LogP contribution in [0, 0.1) is 0 Å². The lowest BCUT2D eigenvalue weighted by atomic mass is 10.4. The van der Waals surface area contributed by atoms with Crippen molar-refractivity contribution in [3.63, 3.8) is 0 Å². The van der Waals surface area contributed by atoms with E-state index in [1.807, 2.05) is 23.8 Å². The fraction of sp³-hybridized carbons (Fsp3) is 0.615. The van der Waals surface area contributed by atoms with Gasteiger partial charge in [-0.05, 0) is 19.1 Å². The Bertz CT molecular complexity index is 383. The van der Waals surface area contributed by atoms with Crippen LogP contribution in [0.5, 0.6) is 0 Å². The highest BCUT2D eigenvalue weighted by molar-refractivity contribution is 5.87. The van der Waals surface area contributed by atoms with Crippen molar-refractivity contribution in [2.45, 2.75) is 13.5 Å². The molecule has 0 atom stereocenters. The molecule has 0 aromatic carbocycles. The first kappa shape index (κ1) is 13.1. The van der Waals surface area contributed by atoms with Crippen molar-refractivity contribution in [3.05, 3.63) is 24.0 Å². The van der Waals surface area contributed by atoms with Crippen molar-refractivity contribution in [2.24, 2.45) is 0 Å². The predicted octanol–water partition coefficient (Wildman–Crippen LogP) is 0.997. The van der Waals surface area contributed by atoms with Crippen molar-refractivity contribution in [1.82, 2.24) is 9.47 Å². The van der Waals surface area contributed by atoms with Gasteiger partial charge in [-0.15, -0.1) is 0 Å². The van der Waals surface area contributed by atoms with E-state index < -0.39 is 0 Å². The summed E-state index contributed by atoms with van der Waals surface area (Å²) < 4.78 is 12.3. The highest BCUT2D eigenvalue weighted by Gasteiger charge is 2.14. The zero-order valence-electron chi connectivity index (χ0n) is 10.8. The number of hydrogen-bond acceptors (Lipinski definition) is 4. The lowest BCUT2D eigenvalue weighted by Gasteiger charge is -2.26. The van der Waals surface area contributed by atoms with E-state index in [-0.39, 0.29) is 5.97 Å². The predicted molar refractivity (Wildman–Crippen MR) is 67.6 cm³/mol. The smallest absolute Gasteiger partial charge is 0.354 e. The minimum absolute atomic E-state index is 0.246. The first-order valence-corrected chi connectivity index (χ1v) is 6.43. The highest BCUT2D eigenvalue weighted by Crippen LogP contribution is 2.06. The van der Waals surface area contributed by atoms with Gasteiger partial charge in [-0.1, -0.05) is 0 Å². The van der Waals surface area contributed by atoms with Gasteiger partial charge in [-0.2, -0.15) is 0 Å². The molecule has 2 heterocycles. The third-order valence-corrected chi connectivity index (χ3v) is 3.07. The molecule has 1 aromatic rings. The number of rotatable bonds is 5. The Morgan fingerprint density at radius 2 is 2.17 bits per heavy atom. The third kappa shape index (κ3) is 3.34. The standard InChI is InChI=1S/C13H20N2O3/c1-2-18-13(16)12-4-3-5-15(12)7-6-14-8-10-17-11-9-14/h3-5H,2,6-11H2,1H3. The summed E-state index contributed by atoms with van der Waals surface area (Å²) in [5.41, 5.74) is 0.630. The van der Waals surface area contributed by atoms with Gasteiger partial charge in [-0.3, -0.25) is 4.90 Å². The zero-order valence-corrected chi connectivity index (χ0v) is 10.8. The number of carbonyl (C=O) groups is 1. The molecule has 0 spiro atoms. The average Bonchev–Trinajstić information content (AvgIpc) is 2.86. The summed E-state index contributed by atoms with van der Waals surface area (Å²) in [5.74, 6) is -0.246. The molecule has 0 amide bonds. The second-order valence-corrected chi connectivity index (χ2v) is 4.26. The SMILES string of the molecule is CCOC(=O)c1cccn1CCN1CCOCC1. The summed E-state index contributed by atoms with van der Waals surface area (Å²) in [6.45, 7) is 7.51. The average molecular weight is 252 g/mol. The third-order valence-electron chi connectivity index (χ3n) is 3.07. The van der Waals surface area contributed by atoms with E-state index in [0.29, 0.717) is 12.3 Å². The largest absolute Gasteiger partial charge is 0.461 e. The maximum atomic E-state index is 11.7. The Kier molecular flexibility index (Phi) is 4.78. The molecule has 0 saturated carbocycles. The van der Waals surface area contributed by atoms with E-state index in [9.17, 15) is 4.79 Å². The number of morpholine rings is 1. The van der Waals surface area contributed by atoms with Gasteiger partial charge in [0.25, 0.3) is 0 Å². The number of ether oxygens (including phenoxy) is 2. The lowest BCUT2D eigenvalue weighted by molar-refractivity contribution is 0.0357. The molecule has 1 saturated heterocycles. The van der Waals surface area contributed by atoms with Gasteiger partial charge < -0.3 is 14.0 Å². The van der Waals surface area contributed by atoms with Crippen molar-refractivity contribution < 1.29 is 14.3 Å². The van der Waals surface area contributed by atoms with E-state index in [1.165, 1.54) is 0 Å². The molecular formula is C13H20N2O3. The van der Waals surface area contributed by atoms with Gasteiger partial charge >= 0.3 is 5.97 Å². The molecule has 0 unspecified atom stereocenters. The number of aromatic nitrogens is 1. The fourth-order valence-corrected chi connectivity index (χ4v) is 2.07. The first-order valence-electron chi connectivity index (χ1n) is 6.43. The molecule has 2 rings (SSSR count). The first-order chi connectivity index (χ1) is 8.81. The van der Waals surface area contributed by atoms with Gasteiger partial charge in [0.1, 0.15) is 5.69 Å². The van der Waals surface area contributed by atoms with Crippen LogP contribution in [0.1, 0.15) is 17.4 Å². The fourth-order valence-electron chi connectivity index (χ4n) is 2.07. The molecule has 5 heteroatoms. The quantitative estimate of drug-likeness (QED) is 0.733. The molecule has 0 bridgehead atoms. The minimum atomic E-state index is -0.246. The maximum Gasteiger partial charge on any atom is 0.354 e. The van der Waals surface area contributed by atoms with Crippen molar-refractivity contribution >= 4 is 5.97 Å².